The van der Waals surface area contributed by atoms with Gasteiger partial charge in [-0.3, -0.25) is 4.79 Å². The van der Waals surface area contributed by atoms with Crippen LogP contribution in [0.1, 0.15) is 38.0 Å². The number of aromatic nitrogens is 2. The Labute approximate surface area is 196 Å². The number of rotatable bonds is 9. The number of carbonyl (C=O) groups excluding carboxylic acids is 1. The molecule has 0 spiro atoms. The highest BCUT2D eigenvalue weighted by molar-refractivity contribution is 7.16. The maximum absolute atomic E-state index is 13.5. The van der Waals surface area contributed by atoms with E-state index in [-0.39, 0.29) is 18.7 Å². The Bertz CT molecular complexity index is 1010. The minimum atomic E-state index is -2.58. The van der Waals surface area contributed by atoms with E-state index in [1.54, 1.807) is 12.4 Å². The molecule has 10 heteroatoms. The highest BCUT2D eigenvalue weighted by Crippen LogP contribution is 2.32. The lowest BCUT2D eigenvalue weighted by atomic mass is 10.1. The van der Waals surface area contributed by atoms with Gasteiger partial charge in [0.05, 0.1) is 4.88 Å². The summed E-state index contributed by atoms with van der Waals surface area (Å²) in [6.45, 7) is 5.37. The number of allylic oxidation sites excluding steroid dienone is 3. The summed E-state index contributed by atoms with van der Waals surface area (Å²) in [5.74, 6) is -2.02. The minimum Gasteiger partial charge on any atom is -0.371 e. The summed E-state index contributed by atoms with van der Waals surface area (Å²) in [4.78, 5) is 23.6. The van der Waals surface area contributed by atoms with Gasteiger partial charge in [0.15, 0.2) is 5.13 Å². The molecule has 0 aliphatic carbocycles. The molecule has 1 fully saturated rings. The molecule has 4 N–H and O–H groups in total. The van der Waals surface area contributed by atoms with Crippen LogP contribution in [-0.4, -0.2) is 48.0 Å². The van der Waals surface area contributed by atoms with Crippen molar-refractivity contribution in [1.82, 2.24) is 15.3 Å². The van der Waals surface area contributed by atoms with Gasteiger partial charge >= 0.3 is 0 Å². The number of pyridine rings is 1. The second-order valence-electron chi connectivity index (χ2n) is 7.95. The lowest BCUT2D eigenvalue weighted by molar-refractivity contribution is -0.120. The monoisotopic (exact) mass is 476 g/mol. The highest BCUT2D eigenvalue weighted by Gasteiger charge is 2.34. The van der Waals surface area contributed by atoms with Crippen molar-refractivity contribution < 1.29 is 13.6 Å². The zero-order chi connectivity index (χ0) is 23.8. The van der Waals surface area contributed by atoms with Crippen molar-refractivity contribution in [3.05, 3.63) is 47.1 Å². The summed E-state index contributed by atoms with van der Waals surface area (Å²) in [6, 6.07) is 3.68. The van der Waals surface area contributed by atoms with Gasteiger partial charge in [0, 0.05) is 69.6 Å². The van der Waals surface area contributed by atoms with E-state index in [4.69, 9.17) is 5.73 Å². The second-order valence-corrected chi connectivity index (χ2v) is 8.98. The molecule has 0 aromatic carbocycles. The van der Waals surface area contributed by atoms with Gasteiger partial charge in [-0.05, 0) is 25.5 Å². The Hall–Kier alpha value is -2.85. The Morgan fingerprint density at radius 1 is 1.33 bits per heavy atom. The molecule has 0 unspecified atom stereocenters. The smallest absolute Gasteiger partial charge is 0.251 e. The van der Waals surface area contributed by atoms with Crippen molar-refractivity contribution in [2.75, 3.05) is 36.4 Å². The molecule has 0 radical (unpaired) electrons. The fraction of sp³-hybridized carbons (Fsp3) is 0.435. The summed E-state index contributed by atoms with van der Waals surface area (Å²) in [6.07, 6.45) is 7.42. The molecule has 0 atom stereocenters. The van der Waals surface area contributed by atoms with Gasteiger partial charge in [0.25, 0.3) is 5.92 Å². The van der Waals surface area contributed by atoms with E-state index < -0.39 is 5.92 Å². The van der Waals surface area contributed by atoms with Crippen LogP contribution in [-0.2, 0) is 4.79 Å². The van der Waals surface area contributed by atoms with Crippen molar-refractivity contribution in [1.29, 1.82) is 0 Å². The third-order valence-corrected chi connectivity index (χ3v) is 6.21. The number of halogens is 2. The number of anilines is 3. The molecule has 1 amide bonds. The van der Waals surface area contributed by atoms with Gasteiger partial charge in [-0.1, -0.05) is 29.1 Å². The van der Waals surface area contributed by atoms with Gasteiger partial charge in [0.1, 0.15) is 5.82 Å². The summed E-state index contributed by atoms with van der Waals surface area (Å²) >= 11 is 1.47. The first-order valence-electron chi connectivity index (χ1n) is 10.9. The standard InChI is InChI=1S/C23H30F2N6OS/c1-3-17(12-16(2)13-21(32)28-9-7-26)19-15-29-22(33-19)30-20-14-18(4-8-27-20)31-10-5-23(24,25)6-11-31/h3-4,8,12,14-15H,5-7,9-11,13,26H2,1-2H3,(H,28,32)(H,27,29,30)/b16-12+,17-3+. The van der Waals surface area contributed by atoms with Crippen LogP contribution in [0.3, 0.4) is 0 Å². The number of piperidine rings is 1. The fourth-order valence-corrected chi connectivity index (χ4v) is 4.36. The molecule has 178 valence electrons. The zero-order valence-electron chi connectivity index (χ0n) is 18.9. The van der Waals surface area contributed by atoms with Gasteiger partial charge in [-0.25, -0.2) is 18.7 Å². The van der Waals surface area contributed by atoms with E-state index in [1.807, 2.05) is 43.0 Å². The predicted octanol–water partition coefficient (Wildman–Crippen LogP) is 4.33. The topological polar surface area (TPSA) is 96.2 Å². The first-order valence-corrected chi connectivity index (χ1v) is 11.7. The van der Waals surface area contributed by atoms with Crippen molar-refractivity contribution in [2.45, 2.75) is 39.0 Å². The van der Waals surface area contributed by atoms with E-state index in [0.29, 0.717) is 43.5 Å². The molecule has 1 aliphatic heterocycles. The molecule has 2 aromatic heterocycles. The Balaban J connectivity index is 1.64. The van der Waals surface area contributed by atoms with Gasteiger partial charge in [0.2, 0.25) is 5.91 Å². The van der Waals surface area contributed by atoms with Crippen LogP contribution in [0, 0.1) is 0 Å². The molecule has 1 saturated heterocycles. The van der Waals surface area contributed by atoms with E-state index >= 15 is 0 Å². The fourth-order valence-electron chi connectivity index (χ4n) is 3.49. The van der Waals surface area contributed by atoms with Crippen molar-refractivity contribution in [3.8, 4) is 0 Å². The van der Waals surface area contributed by atoms with Crippen LogP contribution in [0.5, 0.6) is 0 Å². The average Bonchev–Trinajstić information content (AvgIpc) is 3.24. The molecule has 3 rings (SSSR count). The number of carbonyl (C=O) groups is 1. The van der Waals surface area contributed by atoms with E-state index in [9.17, 15) is 13.6 Å². The van der Waals surface area contributed by atoms with Gasteiger partial charge in [-0.2, -0.15) is 0 Å². The number of nitrogens with two attached hydrogens (primary N) is 1. The molecular formula is C23H30F2N6OS. The van der Waals surface area contributed by atoms with E-state index in [0.717, 1.165) is 21.7 Å². The van der Waals surface area contributed by atoms with E-state index in [1.165, 1.54) is 11.3 Å². The average molecular weight is 477 g/mol. The molecule has 1 aliphatic rings. The third-order valence-electron chi connectivity index (χ3n) is 5.25. The molecule has 0 bridgehead atoms. The lowest BCUT2D eigenvalue weighted by Crippen LogP contribution is -2.39. The first kappa shape index (κ1) is 24.8. The van der Waals surface area contributed by atoms with Crippen LogP contribution in [0.15, 0.2) is 42.3 Å². The Morgan fingerprint density at radius 3 is 2.79 bits per heavy atom. The number of alkyl halides is 2. The quantitative estimate of drug-likeness (QED) is 0.466. The number of hydrogen-bond donors (Lipinski definition) is 3. The van der Waals surface area contributed by atoms with Crippen molar-refractivity contribution in [3.63, 3.8) is 0 Å². The minimum absolute atomic E-state index is 0.0558. The first-order chi connectivity index (χ1) is 15.8. The van der Waals surface area contributed by atoms with Crippen LogP contribution < -0.4 is 21.3 Å². The number of nitrogens with one attached hydrogen (secondary N) is 2. The molecule has 7 nitrogen and oxygen atoms in total. The summed E-state index contributed by atoms with van der Waals surface area (Å²) in [5, 5.41) is 6.64. The molecule has 33 heavy (non-hydrogen) atoms. The van der Waals surface area contributed by atoms with Gasteiger partial charge in [-0.15, -0.1) is 0 Å². The second kappa shape index (κ2) is 11.3. The van der Waals surface area contributed by atoms with Crippen molar-refractivity contribution >= 4 is 39.5 Å². The normalized spacial score (nSPS) is 16.6. The summed E-state index contributed by atoms with van der Waals surface area (Å²) in [7, 11) is 0. The number of amides is 1. The summed E-state index contributed by atoms with van der Waals surface area (Å²) in [5.41, 5.74) is 8.18. The third kappa shape index (κ3) is 7.33. The predicted molar refractivity (Wildman–Crippen MR) is 130 cm³/mol. The Kier molecular flexibility index (Phi) is 8.51. The number of thiazole rings is 1. The molecule has 2 aromatic rings. The van der Waals surface area contributed by atoms with Crippen LogP contribution >= 0.6 is 11.3 Å². The maximum Gasteiger partial charge on any atom is 0.251 e. The molecule has 0 saturated carbocycles. The maximum atomic E-state index is 13.5. The van der Waals surface area contributed by atoms with Gasteiger partial charge < -0.3 is 21.3 Å². The van der Waals surface area contributed by atoms with Crippen LogP contribution in [0.4, 0.5) is 25.4 Å². The lowest BCUT2D eigenvalue weighted by Gasteiger charge is -2.33. The van der Waals surface area contributed by atoms with Crippen molar-refractivity contribution in [2.24, 2.45) is 5.73 Å². The number of hydrogen-bond acceptors (Lipinski definition) is 7. The highest BCUT2D eigenvalue weighted by atomic mass is 32.1. The SMILES string of the molecule is C/C=C(\C=C(/C)CC(=O)NCCN)c1cnc(Nc2cc(N3CCC(F)(F)CC3)ccn2)s1. The van der Waals surface area contributed by atoms with Crippen LogP contribution in [0.25, 0.3) is 5.57 Å². The Morgan fingerprint density at radius 2 is 2.09 bits per heavy atom. The van der Waals surface area contributed by atoms with E-state index in [2.05, 4.69) is 20.6 Å². The molecular weight excluding hydrogens is 446 g/mol. The number of nitrogens with zero attached hydrogens (tertiary/aromatic N) is 3. The molecule has 3 heterocycles. The summed E-state index contributed by atoms with van der Waals surface area (Å²) < 4.78 is 26.9. The largest absolute Gasteiger partial charge is 0.371 e. The van der Waals surface area contributed by atoms with Crippen LogP contribution in [0.2, 0.25) is 0 Å². The zero-order valence-corrected chi connectivity index (χ0v) is 19.7.